The van der Waals surface area contributed by atoms with Crippen LogP contribution in [0.5, 0.6) is 0 Å². The molecular weight excluding hydrogens is 190 g/mol. The molecule has 1 aromatic carbocycles. The second-order valence-electron chi connectivity index (χ2n) is 1.89. The van der Waals surface area contributed by atoms with Gasteiger partial charge in [0, 0.05) is 5.02 Å². The summed E-state index contributed by atoms with van der Waals surface area (Å²) in [4.78, 5) is 0. The van der Waals surface area contributed by atoms with Crippen molar-refractivity contribution < 1.29 is 4.39 Å². The van der Waals surface area contributed by atoms with Crippen LogP contribution in [0.3, 0.4) is 0 Å². The Labute approximate surface area is 73.1 Å². The van der Waals surface area contributed by atoms with E-state index in [0.717, 1.165) is 0 Å². The van der Waals surface area contributed by atoms with Crippen LogP contribution < -0.4 is 11.3 Å². The normalized spacial score (nSPS) is 9.82. The van der Waals surface area contributed by atoms with E-state index in [4.69, 9.17) is 29.0 Å². The van der Waals surface area contributed by atoms with Crippen LogP contribution in [0.4, 0.5) is 10.1 Å². The Morgan fingerprint density at radius 2 is 2.00 bits per heavy atom. The van der Waals surface area contributed by atoms with E-state index in [0.29, 0.717) is 5.02 Å². The van der Waals surface area contributed by atoms with Gasteiger partial charge in [-0.1, -0.05) is 23.2 Å². The third-order valence-corrected chi connectivity index (χ3v) is 1.64. The first kappa shape index (κ1) is 8.59. The summed E-state index contributed by atoms with van der Waals surface area (Å²) in [5, 5.41) is 0.287. The summed E-state index contributed by atoms with van der Waals surface area (Å²) in [6.45, 7) is 0. The second kappa shape index (κ2) is 3.26. The maximum atomic E-state index is 12.8. The van der Waals surface area contributed by atoms with Crippen molar-refractivity contribution in [1.29, 1.82) is 0 Å². The zero-order valence-corrected chi connectivity index (χ0v) is 6.88. The molecule has 0 heterocycles. The van der Waals surface area contributed by atoms with Gasteiger partial charge in [-0.15, -0.1) is 0 Å². The number of nitrogens with one attached hydrogen (secondary N) is 1. The quantitative estimate of drug-likeness (QED) is 0.410. The highest BCUT2D eigenvalue weighted by molar-refractivity contribution is 6.35. The number of hydrogen-bond donors (Lipinski definition) is 2. The van der Waals surface area contributed by atoms with E-state index in [9.17, 15) is 4.39 Å². The van der Waals surface area contributed by atoms with Crippen LogP contribution in [-0.2, 0) is 0 Å². The van der Waals surface area contributed by atoms with Gasteiger partial charge in [-0.2, -0.15) is 0 Å². The lowest BCUT2D eigenvalue weighted by molar-refractivity contribution is 0.631. The average Bonchev–Trinajstić information content (AvgIpc) is 1.96. The highest BCUT2D eigenvalue weighted by atomic mass is 35.5. The number of benzene rings is 1. The van der Waals surface area contributed by atoms with Crippen LogP contribution in [0.2, 0.25) is 10.0 Å². The fourth-order valence-electron chi connectivity index (χ4n) is 0.661. The zero-order chi connectivity index (χ0) is 8.43. The largest absolute Gasteiger partial charge is 0.321 e. The molecule has 0 saturated carbocycles. The standard InChI is InChI=1S/C6H5Cl2FN2/c7-3-1-4(8)6(9)5(2-3)11-10/h1-2,11H,10H2. The van der Waals surface area contributed by atoms with Gasteiger partial charge in [0.05, 0.1) is 10.7 Å². The maximum Gasteiger partial charge on any atom is 0.166 e. The van der Waals surface area contributed by atoms with Crippen molar-refractivity contribution in [3.63, 3.8) is 0 Å². The molecule has 0 unspecified atom stereocenters. The van der Waals surface area contributed by atoms with Crippen molar-refractivity contribution in [2.75, 3.05) is 5.43 Å². The minimum absolute atomic E-state index is 0.0505. The van der Waals surface area contributed by atoms with Gasteiger partial charge in [0.2, 0.25) is 0 Å². The lowest BCUT2D eigenvalue weighted by Gasteiger charge is -2.03. The fraction of sp³-hybridized carbons (Fsp3) is 0. The zero-order valence-electron chi connectivity index (χ0n) is 5.37. The molecule has 0 spiro atoms. The summed E-state index contributed by atoms with van der Waals surface area (Å²) in [5.41, 5.74) is 2.22. The van der Waals surface area contributed by atoms with Gasteiger partial charge in [-0.25, -0.2) is 4.39 Å². The number of hydrogen-bond acceptors (Lipinski definition) is 2. The van der Waals surface area contributed by atoms with Crippen molar-refractivity contribution in [3.8, 4) is 0 Å². The Balaban J connectivity index is 3.24. The summed E-state index contributed by atoms with van der Waals surface area (Å²) in [6.07, 6.45) is 0. The SMILES string of the molecule is NNc1cc(Cl)cc(Cl)c1F. The Hall–Kier alpha value is -0.510. The predicted octanol–water partition coefficient (Wildman–Crippen LogP) is 2.42. The summed E-state index contributed by atoms with van der Waals surface area (Å²) in [7, 11) is 0. The Bertz CT molecular complexity index is 278. The molecule has 0 radical (unpaired) electrons. The first-order chi connectivity index (χ1) is 5.15. The molecule has 60 valence electrons. The van der Waals surface area contributed by atoms with E-state index >= 15 is 0 Å². The van der Waals surface area contributed by atoms with Crippen LogP contribution in [0.25, 0.3) is 0 Å². The van der Waals surface area contributed by atoms with Crippen molar-refractivity contribution in [2.24, 2.45) is 5.84 Å². The third-order valence-electron chi connectivity index (χ3n) is 1.15. The Kier molecular flexibility index (Phi) is 2.54. The van der Waals surface area contributed by atoms with Gasteiger partial charge in [0.15, 0.2) is 5.82 Å². The van der Waals surface area contributed by atoms with Crippen LogP contribution in [0.1, 0.15) is 0 Å². The molecule has 0 bridgehead atoms. The van der Waals surface area contributed by atoms with Gasteiger partial charge in [-0.3, -0.25) is 5.84 Å². The molecule has 3 N–H and O–H groups in total. The minimum Gasteiger partial charge on any atom is -0.321 e. The monoisotopic (exact) mass is 194 g/mol. The number of rotatable bonds is 1. The molecule has 0 aromatic heterocycles. The average molecular weight is 195 g/mol. The second-order valence-corrected chi connectivity index (χ2v) is 2.74. The van der Waals surface area contributed by atoms with Gasteiger partial charge in [-0.05, 0) is 12.1 Å². The van der Waals surface area contributed by atoms with Crippen molar-refractivity contribution >= 4 is 28.9 Å². The number of nitrogen functional groups attached to an aromatic ring is 1. The summed E-state index contributed by atoms with van der Waals surface area (Å²) in [6, 6.07) is 2.65. The molecule has 1 aromatic rings. The van der Waals surface area contributed by atoms with E-state index in [1.54, 1.807) is 0 Å². The van der Waals surface area contributed by atoms with Crippen LogP contribution >= 0.6 is 23.2 Å². The molecule has 0 aliphatic rings. The number of hydrazine groups is 1. The molecule has 0 fully saturated rings. The number of nitrogens with two attached hydrogens (primary N) is 1. The van der Waals surface area contributed by atoms with E-state index in [1.165, 1.54) is 12.1 Å². The molecule has 5 heteroatoms. The Morgan fingerprint density at radius 3 is 2.55 bits per heavy atom. The molecule has 1 rings (SSSR count). The van der Waals surface area contributed by atoms with E-state index in [2.05, 4.69) is 5.43 Å². The molecule has 11 heavy (non-hydrogen) atoms. The lowest BCUT2D eigenvalue weighted by atomic mass is 10.3. The van der Waals surface area contributed by atoms with Crippen molar-refractivity contribution in [1.82, 2.24) is 0 Å². The minimum atomic E-state index is -0.599. The molecule has 2 nitrogen and oxygen atoms in total. The molecule has 0 amide bonds. The number of anilines is 1. The van der Waals surface area contributed by atoms with E-state index < -0.39 is 5.82 Å². The van der Waals surface area contributed by atoms with E-state index in [1.807, 2.05) is 0 Å². The van der Waals surface area contributed by atoms with Crippen molar-refractivity contribution in [3.05, 3.63) is 28.0 Å². The molecule has 0 aliphatic carbocycles. The van der Waals surface area contributed by atoms with Crippen LogP contribution in [-0.4, -0.2) is 0 Å². The number of halogens is 3. The Morgan fingerprint density at radius 1 is 1.36 bits per heavy atom. The molecule has 0 saturated heterocycles. The first-order valence-electron chi connectivity index (χ1n) is 2.76. The first-order valence-corrected chi connectivity index (χ1v) is 3.52. The van der Waals surface area contributed by atoms with Gasteiger partial charge in [0.25, 0.3) is 0 Å². The fourth-order valence-corrected chi connectivity index (χ4v) is 1.15. The molecular formula is C6H5Cl2FN2. The van der Waals surface area contributed by atoms with Gasteiger partial charge in [0.1, 0.15) is 0 Å². The smallest absolute Gasteiger partial charge is 0.166 e. The van der Waals surface area contributed by atoms with Crippen LogP contribution in [0.15, 0.2) is 12.1 Å². The van der Waals surface area contributed by atoms with Gasteiger partial charge < -0.3 is 5.43 Å². The topological polar surface area (TPSA) is 38.0 Å². The highest BCUT2D eigenvalue weighted by Crippen LogP contribution is 2.26. The summed E-state index contributed by atoms with van der Waals surface area (Å²) < 4.78 is 12.8. The molecule has 0 aliphatic heterocycles. The van der Waals surface area contributed by atoms with Crippen LogP contribution in [0, 0.1) is 5.82 Å². The third kappa shape index (κ3) is 1.74. The van der Waals surface area contributed by atoms with E-state index in [-0.39, 0.29) is 10.7 Å². The van der Waals surface area contributed by atoms with Crippen molar-refractivity contribution in [2.45, 2.75) is 0 Å². The molecule has 0 atom stereocenters. The summed E-state index contributed by atoms with van der Waals surface area (Å²) in [5.74, 6) is 4.38. The maximum absolute atomic E-state index is 12.8. The highest BCUT2D eigenvalue weighted by Gasteiger charge is 2.06. The predicted molar refractivity (Wildman–Crippen MR) is 44.2 cm³/mol. The summed E-state index contributed by atoms with van der Waals surface area (Å²) >= 11 is 11.0. The van der Waals surface area contributed by atoms with Gasteiger partial charge >= 0.3 is 0 Å². The lowest BCUT2D eigenvalue weighted by Crippen LogP contribution is -2.08.